The van der Waals surface area contributed by atoms with E-state index in [2.05, 4.69) is 15.8 Å². The first-order valence-corrected chi connectivity index (χ1v) is 9.62. The van der Waals surface area contributed by atoms with Crippen molar-refractivity contribution in [3.8, 4) is 5.75 Å². The van der Waals surface area contributed by atoms with Crippen molar-refractivity contribution in [2.75, 3.05) is 11.9 Å². The van der Waals surface area contributed by atoms with Gasteiger partial charge in [0, 0.05) is 21.3 Å². The van der Waals surface area contributed by atoms with Crippen molar-refractivity contribution in [2.24, 2.45) is 5.10 Å². The number of nitrogens with one attached hydrogen (secondary N) is 2. The number of nitrogens with zero attached hydrogens (tertiary/aromatic N) is 1. The summed E-state index contributed by atoms with van der Waals surface area (Å²) >= 11 is 11.7. The van der Waals surface area contributed by atoms with Crippen molar-refractivity contribution >= 4 is 46.9 Å². The summed E-state index contributed by atoms with van der Waals surface area (Å²) in [4.78, 5) is 23.9. The Kier molecular flexibility index (Phi) is 7.43. The smallest absolute Gasteiger partial charge is 0.271 e. The Hall–Kier alpha value is -3.35. The van der Waals surface area contributed by atoms with Crippen LogP contribution in [0, 0.1) is 0 Å². The van der Waals surface area contributed by atoms with Crippen LogP contribution in [0.2, 0.25) is 10.0 Å². The number of benzene rings is 3. The number of hydrogen-bond acceptors (Lipinski definition) is 4. The molecule has 0 saturated heterocycles. The second-order valence-electron chi connectivity index (χ2n) is 6.12. The van der Waals surface area contributed by atoms with Gasteiger partial charge in [0.05, 0.1) is 6.21 Å². The minimum absolute atomic E-state index is 0.133. The number of halogens is 2. The Morgan fingerprint density at radius 3 is 2.37 bits per heavy atom. The van der Waals surface area contributed by atoms with E-state index in [-0.39, 0.29) is 18.4 Å². The SMILES string of the molecule is O=C(COc1ccc(/C=N\NC(=O)c2cccc(Cl)c2)cc1)Nc1ccc(Cl)cc1. The number of carbonyl (C=O) groups excluding carboxylic acids is 2. The van der Waals surface area contributed by atoms with E-state index in [9.17, 15) is 9.59 Å². The average Bonchev–Trinajstić information content (AvgIpc) is 2.75. The zero-order chi connectivity index (χ0) is 21.3. The largest absolute Gasteiger partial charge is 0.484 e. The fraction of sp³-hybridized carbons (Fsp3) is 0.0455. The number of carbonyl (C=O) groups is 2. The molecular formula is C22H17Cl2N3O3. The zero-order valence-corrected chi connectivity index (χ0v) is 17.2. The molecular weight excluding hydrogens is 425 g/mol. The molecule has 0 aromatic heterocycles. The highest BCUT2D eigenvalue weighted by Crippen LogP contribution is 2.14. The van der Waals surface area contributed by atoms with Crippen LogP contribution in [-0.2, 0) is 4.79 Å². The number of ether oxygens (including phenoxy) is 1. The van der Waals surface area contributed by atoms with Crippen LogP contribution in [-0.4, -0.2) is 24.6 Å². The standard InChI is InChI=1S/C22H17Cl2N3O3/c23-17-6-8-19(9-7-17)26-21(28)14-30-20-10-4-15(5-11-20)13-25-27-22(29)16-2-1-3-18(24)12-16/h1-13H,14H2,(H,26,28)(H,27,29)/b25-13-. The van der Waals surface area contributed by atoms with Crippen molar-refractivity contribution in [2.45, 2.75) is 0 Å². The lowest BCUT2D eigenvalue weighted by molar-refractivity contribution is -0.118. The number of amides is 2. The summed E-state index contributed by atoms with van der Waals surface area (Å²) in [6.07, 6.45) is 1.50. The predicted molar refractivity (Wildman–Crippen MR) is 119 cm³/mol. The molecule has 30 heavy (non-hydrogen) atoms. The fourth-order valence-electron chi connectivity index (χ4n) is 2.39. The second kappa shape index (κ2) is 10.4. The Morgan fingerprint density at radius 1 is 0.933 bits per heavy atom. The lowest BCUT2D eigenvalue weighted by Crippen LogP contribution is -2.20. The van der Waals surface area contributed by atoms with Gasteiger partial charge in [-0.3, -0.25) is 9.59 Å². The molecule has 0 radical (unpaired) electrons. The molecule has 3 rings (SSSR count). The van der Waals surface area contributed by atoms with E-state index < -0.39 is 0 Å². The summed E-state index contributed by atoms with van der Waals surface area (Å²) in [5, 5.41) is 7.71. The third kappa shape index (κ3) is 6.62. The van der Waals surface area contributed by atoms with Crippen LogP contribution in [0.15, 0.2) is 77.9 Å². The molecule has 152 valence electrons. The first-order valence-electron chi connectivity index (χ1n) is 8.87. The molecule has 0 bridgehead atoms. The molecule has 8 heteroatoms. The molecule has 0 spiro atoms. The zero-order valence-electron chi connectivity index (χ0n) is 15.6. The fourth-order valence-corrected chi connectivity index (χ4v) is 2.71. The van der Waals surface area contributed by atoms with Crippen molar-refractivity contribution in [3.63, 3.8) is 0 Å². The maximum Gasteiger partial charge on any atom is 0.271 e. The molecule has 0 saturated carbocycles. The Labute approximate surface area is 183 Å². The van der Waals surface area contributed by atoms with Gasteiger partial charge in [-0.05, 0) is 72.3 Å². The lowest BCUT2D eigenvalue weighted by atomic mass is 10.2. The van der Waals surface area contributed by atoms with Crippen LogP contribution >= 0.6 is 23.2 Å². The summed E-state index contributed by atoms with van der Waals surface area (Å²) in [6, 6.07) is 20.3. The number of rotatable bonds is 7. The summed E-state index contributed by atoms with van der Waals surface area (Å²) in [5.74, 6) is -0.117. The van der Waals surface area contributed by atoms with Crippen LogP contribution in [0.4, 0.5) is 5.69 Å². The molecule has 0 aliphatic heterocycles. The molecule has 0 heterocycles. The second-order valence-corrected chi connectivity index (χ2v) is 7.00. The van der Waals surface area contributed by atoms with Crippen LogP contribution in [0.5, 0.6) is 5.75 Å². The van der Waals surface area contributed by atoms with Gasteiger partial charge in [0.25, 0.3) is 11.8 Å². The van der Waals surface area contributed by atoms with Gasteiger partial charge < -0.3 is 10.1 Å². The van der Waals surface area contributed by atoms with E-state index >= 15 is 0 Å². The van der Waals surface area contributed by atoms with E-state index in [1.165, 1.54) is 6.21 Å². The number of hydrogen-bond donors (Lipinski definition) is 2. The Morgan fingerprint density at radius 2 is 1.67 bits per heavy atom. The van der Waals surface area contributed by atoms with Crippen molar-refractivity contribution in [3.05, 3.63) is 94.0 Å². The highest BCUT2D eigenvalue weighted by atomic mass is 35.5. The highest BCUT2D eigenvalue weighted by molar-refractivity contribution is 6.31. The van der Waals surface area contributed by atoms with Gasteiger partial charge in [-0.2, -0.15) is 5.10 Å². The normalized spacial score (nSPS) is 10.6. The first-order chi connectivity index (χ1) is 14.5. The quantitative estimate of drug-likeness (QED) is 0.409. The number of anilines is 1. The maximum atomic E-state index is 12.0. The lowest BCUT2D eigenvalue weighted by Gasteiger charge is -2.08. The van der Waals surface area contributed by atoms with Crippen molar-refractivity contribution < 1.29 is 14.3 Å². The highest BCUT2D eigenvalue weighted by Gasteiger charge is 2.05. The monoisotopic (exact) mass is 441 g/mol. The predicted octanol–water partition coefficient (Wildman–Crippen LogP) is 4.77. The molecule has 0 aliphatic carbocycles. The van der Waals surface area contributed by atoms with Gasteiger partial charge in [0.1, 0.15) is 5.75 Å². The van der Waals surface area contributed by atoms with E-state index in [4.69, 9.17) is 27.9 Å². The molecule has 0 fully saturated rings. The van der Waals surface area contributed by atoms with E-state index in [0.29, 0.717) is 27.0 Å². The average molecular weight is 442 g/mol. The molecule has 6 nitrogen and oxygen atoms in total. The minimum Gasteiger partial charge on any atom is -0.484 e. The molecule has 0 unspecified atom stereocenters. The Balaban J connectivity index is 1.46. The van der Waals surface area contributed by atoms with Gasteiger partial charge in [-0.25, -0.2) is 5.43 Å². The van der Waals surface area contributed by atoms with Crippen molar-refractivity contribution in [1.82, 2.24) is 5.43 Å². The Bertz CT molecular complexity index is 1050. The van der Waals surface area contributed by atoms with Gasteiger partial charge in [-0.1, -0.05) is 29.3 Å². The maximum absolute atomic E-state index is 12.0. The van der Waals surface area contributed by atoms with Gasteiger partial charge in [0.2, 0.25) is 0 Å². The van der Waals surface area contributed by atoms with Gasteiger partial charge >= 0.3 is 0 Å². The molecule has 0 aliphatic rings. The summed E-state index contributed by atoms with van der Waals surface area (Å²) in [5.41, 5.74) is 4.24. The van der Waals surface area contributed by atoms with Crippen LogP contribution in [0.25, 0.3) is 0 Å². The van der Waals surface area contributed by atoms with Crippen LogP contribution < -0.4 is 15.5 Å². The minimum atomic E-state index is -0.361. The van der Waals surface area contributed by atoms with E-state index in [0.717, 1.165) is 5.56 Å². The molecule has 3 aromatic carbocycles. The van der Waals surface area contributed by atoms with Crippen LogP contribution in [0.1, 0.15) is 15.9 Å². The molecule has 2 N–H and O–H groups in total. The van der Waals surface area contributed by atoms with Gasteiger partial charge in [-0.15, -0.1) is 0 Å². The first kappa shape index (κ1) is 21.4. The third-order valence-electron chi connectivity index (χ3n) is 3.84. The van der Waals surface area contributed by atoms with Gasteiger partial charge in [0.15, 0.2) is 6.61 Å². The molecule has 0 atom stereocenters. The summed E-state index contributed by atoms with van der Waals surface area (Å²) in [7, 11) is 0. The summed E-state index contributed by atoms with van der Waals surface area (Å²) < 4.78 is 5.47. The van der Waals surface area contributed by atoms with Crippen LogP contribution in [0.3, 0.4) is 0 Å². The van der Waals surface area contributed by atoms with Crippen molar-refractivity contribution in [1.29, 1.82) is 0 Å². The van der Waals surface area contributed by atoms with E-state index in [1.54, 1.807) is 72.8 Å². The number of hydrazone groups is 1. The summed E-state index contributed by atoms with van der Waals surface area (Å²) in [6.45, 7) is -0.133. The van der Waals surface area contributed by atoms with E-state index in [1.807, 2.05) is 0 Å². The third-order valence-corrected chi connectivity index (χ3v) is 4.33. The topological polar surface area (TPSA) is 79.8 Å². The molecule has 2 amide bonds. The molecule has 3 aromatic rings.